The fraction of sp³-hybridized carbons (Fsp3) is 0. The van der Waals surface area contributed by atoms with Crippen molar-refractivity contribution < 1.29 is 4.79 Å². The topological polar surface area (TPSA) is 42.0 Å². The molecule has 1 aromatic carbocycles. The minimum Gasteiger partial charge on any atom is -0.321 e. The Kier molecular flexibility index (Phi) is 4.58. The van der Waals surface area contributed by atoms with Gasteiger partial charge in [-0.25, -0.2) is 0 Å². The Balaban J connectivity index is 2.27. The van der Waals surface area contributed by atoms with Gasteiger partial charge in [0.25, 0.3) is 5.91 Å². The standard InChI is InChI=1S/C12H7BrClIN2O/c13-7-1-2-10(15)11(5-7)17-12(18)8-3-4-16-6-9(8)14/h1-6H,(H,17,18). The van der Waals surface area contributed by atoms with Gasteiger partial charge >= 0.3 is 0 Å². The zero-order chi connectivity index (χ0) is 13.1. The summed E-state index contributed by atoms with van der Waals surface area (Å²) >= 11 is 11.4. The van der Waals surface area contributed by atoms with Crippen molar-refractivity contribution in [2.24, 2.45) is 0 Å². The number of rotatable bonds is 2. The van der Waals surface area contributed by atoms with Crippen LogP contribution in [0.4, 0.5) is 5.69 Å². The van der Waals surface area contributed by atoms with Crippen LogP contribution in [0.5, 0.6) is 0 Å². The van der Waals surface area contributed by atoms with Crippen molar-refractivity contribution in [2.45, 2.75) is 0 Å². The molecule has 0 atom stereocenters. The number of nitrogens with one attached hydrogen (secondary N) is 1. The predicted molar refractivity (Wildman–Crippen MR) is 84.1 cm³/mol. The van der Waals surface area contributed by atoms with Crippen molar-refractivity contribution in [3.8, 4) is 0 Å². The van der Waals surface area contributed by atoms with Crippen LogP contribution in [0.1, 0.15) is 10.4 Å². The Hall–Kier alpha value is -0.660. The normalized spacial score (nSPS) is 10.2. The number of anilines is 1. The molecule has 1 amide bonds. The molecule has 0 radical (unpaired) electrons. The summed E-state index contributed by atoms with van der Waals surface area (Å²) in [5.74, 6) is -0.251. The molecular weight excluding hydrogens is 430 g/mol. The summed E-state index contributed by atoms with van der Waals surface area (Å²) in [4.78, 5) is 15.9. The smallest absolute Gasteiger partial charge is 0.257 e. The number of pyridine rings is 1. The molecule has 1 heterocycles. The molecule has 2 aromatic rings. The number of carbonyl (C=O) groups excluding carboxylic acids is 1. The fourth-order valence-corrected chi connectivity index (χ4v) is 2.38. The maximum Gasteiger partial charge on any atom is 0.257 e. The van der Waals surface area contributed by atoms with Crippen LogP contribution in [0.15, 0.2) is 41.1 Å². The molecule has 1 N–H and O–H groups in total. The minimum absolute atomic E-state index is 0.251. The lowest BCUT2D eigenvalue weighted by molar-refractivity contribution is 0.102. The zero-order valence-corrected chi connectivity index (χ0v) is 13.5. The molecule has 0 spiro atoms. The van der Waals surface area contributed by atoms with E-state index in [-0.39, 0.29) is 5.91 Å². The molecule has 92 valence electrons. The molecule has 0 aliphatic carbocycles. The number of hydrogen-bond acceptors (Lipinski definition) is 2. The summed E-state index contributed by atoms with van der Waals surface area (Å²) in [6.07, 6.45) is 2.98. The van der Waals surface area contributed by atoms with E-state index in [9.17, 15) is 4.79 Å². The molecule has 0 bridgehead atoms. The summed E-state index contributed by atoms with van der Waals surface area (Å²) in [5.41, 5.74) is 1.14. The third kappa shape index (κ3) is 3.21. The van der Waals surface area contributed by atoms with Crippen LogP contribution in [-0.4, -0.2) is 10.9 Å². The largest absolute Gasteiger partial charge is 0.321 e. The van der Waals surface area contributed by atoms with Crippen LogP contribution in [0.25, 0.3) is 0 Å². The van der Waals surface area contributed by atoms with E-state index in [2.05, 4.69) is 48.8 Å². The second-order valence-electron chi connectivity index (χ2n) is 3.43. The van der Waals surface area contributed by atoms with Crippen LogP contribution in [0, 0.1) is 3.57 Å². The van der Waals surface area contributed by atoms with E-state index >= 15 is 0 Å². The minimum atomic E-state index is -0.251. The third-order valence-electron chi connectivity index (χ3n) is 2.19. The van der Waals surface area contributed by atoms with Crippen molar-refractivity contribution in [2.75, 3.05) is 5.32 Å². The van der Waals surface area contributed by atoms with Gasteiger partial charge in [-0.05, 0) is 46.9 Å². The third-order valence-corrected chi connectivity index (χ3v) is 3.93. The molecule has 0 fully saturated rings. The first-order chi connectivity index (χ1) is 8.58. The molecule has 0 unspecified atom stereocenters. The highest BCUT2D eigenvalue weighted by Gasteiger charge is 2.11. The van der Waals surface area contributed by atoms with Crippen LogP contribution in [0.3, 0.4) is 0 Å². The molecule has 18 heavy (non-hydrogen) atoms. The average Bonchev–Trinajstić information content (AvgIpc) is 2.34. The van der Waals surface area contributed by atoms with Gasteiger partial charge in [-0.3, -0.25) is 9.78 Å². The van der Waals surface area contributed by atoms with Crippen LogP contribution in [0.2, 0.25) is 5.02 Å². The number of hydrogen-bond donors (Lipinski definition) is 1. The fourth-order valence-electron chi connectivity index (χ4n) is 1.34. The lowest BCUT2D eigenvalue weighted by atomic mass is 10.2. The molecule has 0 saturated heterocycles. The van der Waals surface area contributed by atoms with Crippen molar-refractivity contribution in [1.82, 2.24) is 4.98 Å². The monoisotopic (exact) mass is 436 g/mol. The Labute approximate surface area is 131 Å². The second-order valence-corrected chi connectivity index (χ2v) is 5.92. The van der Waals surface area contributed by atoms with Crippen molar-refractivity contribution in [3.63, 3.8) is 0 Å². The lowest BCUT2D eigenvalue weighted by Crippen LogP contribution is -2.13. The first-order valence-electron chi connectivity index (χ1n) is 4.94. The first kappa shape index (κ1) is 13.8. The van der Waals surface area contributed by atoms with Crippen LogP contribution in [-0.2, 0) is 0 Å². The molecule has 2 rings (SSSR count). The van der Waals surface area contributed by atoms with Crippen molar-refractivity contribution in [3.05, 3.63) is 55.3 Å². The quantitative estimate of drug-likeness (QED) is 0.710. The molecule has 6 heteroatoms. The first-order valence-corrected chi connectivity index (χ1v) is 7.19. The van der Waals surface area contributed by atoms with Gasteiger partial charge in [0.1, 0.15) is 0 Å². The van der Waals surface area contributed by atoms with Gasteiger partial charge in [0, 0.05) is 20.4 Å². The van der Waals surface area contributed by atoms with Gasteiger partial charge in [-0.2, -0.15) is 0 Å². The van der Waals surface area contributed by atoms with Crippen molar-refractivity contribution in [1.29, 1.82) is 0 Å². The van der Waals surface area contributed by atoms with Gasteiger partial charge < -0.3 is 5.32 Å². The lowest BCUT2D eigenvalue weighted by Gasteiger charge is -2.08. The number of halogens is 3. The maximum atomic E-state index is 12.1. The molecule has 3 nitrogen and oxygen atoms in total. The average molecular weight is 437 g/mol. The van der Waals surface area contributed by atoms with E-state index in [1.165, 1.54) is 12.4 Å². The molecule has 0 saturated carbocycles. The summed E-state index contributed by atoms with van der Waals surface area (Å²) in [6.45, 7) is 0. The number of aromatic nitrogens is 1. The van der Waals surface area contributed by atoms with Gasteiger partial charge in [-0.15, -0.1) is 0 Å². The van der Waals surface area contributed by atoms with E-state index in [4.69, 9.17) is 11.6 Å². The van der Waals surface area contributed by atoms with Gasteiger partial charge in [-0.1, -0.05) is 27.5 Å². The van der Waals surface area contributed by atoms with E-state index in [1.54, 1.807) is 6.07 Å². The zero-order valence-electron chi connectivity index (χ0n) is 8.95. The van der Waals surface area contributed by atoms with Crippen LogP contribution < -0.4 is 5.32 Å². The van der Waals surface area contributed by atoms with E-state index < -0.39 is 0 Å². The number of amides is 1. The summed E-state index contributed by atoms with van der Waals surface area (Å²) < 4.78 is 1.85. The molecule has 0 aliphatic heterocycles. The predicted octanol–water partition coefficient (Wildman–Crippen LogP) is 4.35. The SMILES string of the molecule is O=C(Nc1cc(Br)ccc1I)c1ccncc1Cl. The molecule has 1 aromatic heterocycles. The number of benzene rings is 1. The van der Waals surface area contributed by atoms with Crippen LogP contribution >= 0.6 is 50.1 Å². The Morgan fingerprint density at radius 2 is 2.17 bits per heavy atom. The van der Waals surface area contributed by atoms with Gasteiger partial charge in [0.2, 0.25) is 0 Å². The highest BCUT2D eigenvalue weighted by molar-refractivity contribution is 14.1. The molecule has 0 aliphatic rings. The van der Waals surface area contributed by atoms with Gasteiger partial charge in [0.15, 0.2) is 0 Å². The van der Waals surface area contributed by atoms with Crippen molar-refractivity contribution >= 4 is 61.7 Å². The number of carbonyl (C=O) groups is 1. The van der Waals surface area contributed by atoms with E-state index in [0.717, 1.165) is 13.7 Å². The summed E-state index contributed by atoms with van der Waals surface area (Å²) in [7, 11) is 0. The number of nitrogens with zero attached hydrogens (tertiary/aromatic N) is 1. The Morgan fingerprint density at radius 1 is 1.39 bits per heavy atom. The summed E-state index contributed by atoms with van der Waals surface area (Å²) in [6, 6.07) is 7.25. The highest BCUT2D eigenvalue weighted by Crippen LogP contribution is 2.24. The maximum absolute atomic E-state index is 12.1. The van der Waals surface area contributed by atoms with Gasteiger partial charge in [0.05, 0.1) is 16.3 Å². The summed E-state index contributed by atoms with van der Waals surface area (Å²) in [5, 5.41) is 3.15. The second kappa shape index (κ2) is 5.99. The highest BCUT2D eigenvalue weighted by atomic mass is 127. The van der Waals surface area contributed by atoms with E-state index in [1.807, 2.05) is 18.2 Å². The molecular formula is C12H7BrClIN2O. The Morgan fingerprint density at radius 3 is 2.89 bits per heavy atom. The van der Waals surface area contributed by atoms with E-state index in [0.29, 0.717) is 10.6 Å². The Bertz CT molecular complexity index is 606.